The van der Waals surface area contributed by atoms with Crippen LogP contribution in [-0.2, 0) is 6.54 Å². The van der Waals surface area contributed by atoms with Gasteiger partial charge in [0.25, 0.3) is 5.56 Å². The van der Waals surface area contributed by atoms with Crippen molar-refractivity contribution in [2.24, 2.45) is 5.92 Å². The highest BCUT2D eigenvalue weighted by molar-refractivity contribution is 5.49. The normalized spacial score (nSPS) is 15.0. The number of hydrogen-bond donors (Lipinski definition) is 0. The van der Waals surface area contributed by atoms with Crippen LogP contribution in [0.3, 0.4) is 0 Å². The molecule has 1 aliphatic rings. The van der Waals surface area contributed by atoms with Gasteiger partial charge in [-0.05, 0) is 30.9 Å². The molecule has 0 spiro atoms. The zero-order valence-electron chi connectivity index (χ0n) is 16.1. The summed E-state index contributed by atoms with van der Waals surface area (Å²) in [5, 5.41) is 8.67. The largest absolute Gasteiger partial charge is 0.363 e. The van der Waals surface area contributed by atoms with Gasteiger partial charge in [-0.1, -0.05) is 0 Å². The van der Waals surface area contributed by atoms with Crippen molar-refractivity contribution in [3.8, 4) is 5.82 Å². The molecule has 9 nitrogen and oxygen atoms in total. The van der Waals surface area contributed by atoms with E-state index in [9.17, 15) is 4.79 Å². The predicted molar refractivity (Wildman–Crippen MR) is 107 cm³/mol. The van der Waals surface area contributed by atoms with Crippen LogP contribution in [0.2, 0.25) is 0 Å². The Morgan fingerprint density at radius 2 is 1.96 bits per heavy atom. The summed E-state index contributed by atoms with van der Waals surface area (Å²) in [5.41, 5.74) is -0.0789. The molecular formula is C19H24N8O. The van der Waals surface area contributed by atoms with Crippen molar-refractivity contribution in [2.75, 3.05) is 37.0 Å². The van der Waals surface area contributed by atoms with Gasteiger partial charge >= 0.3 is 0 Å². The minimum atomic E-state index is -0.0789. The minimum absolute atomic E-state index is 0.0789. The Bertz CT molecular complexity index is 974. The number of rotatable bonds is 5. The number of aromatic nitrogens is 6. The molecule has 0 aromatic carbocycles. The lowest BCUT2D eigenvalue weighted by Gasteiger charge is -2.33. The Morgan fingerprint density at radius 1 is 1.14 bits per heavy atom. The van der Waals surface area contributed by atoms with Crippen molar-refractivity contribution >= 4 is 11.6 Å². The zero-order valence-corrected chi connectivity index (χ0v) is 16.1. The lowest BCUT2D eigenvalue weighted by Crippen LogP contribution is -2.37. The van der Waals surface area contributed by atoms with Crippen LogP contribution in [0.4, 0.5) is 11.6 Å². The average Bonchev–Trinajstić information content (AvgIpc) is 3.25. The predicted octanol–water partition coefficient (Wildman–Crippen LogP) is 1.20. The van der Waals surface area contributed by atoms with Crippen LogP contribution in [0.25, 0.3) is 5.82 Å². The first-order valence-electron chi connectivity index (χ1n) is 9.42. The van der Waals surface area contributed by atoms with Gasteiger partial charge in [0.1, 0.15) is 18.0 Å². The number of nitrogens with zero attached hydrogens (tertiary/aromatic N) is 8. The van der Waals surface area contributed by atoms with Crippen LogP contribution in [0, 0.1) is 5.92 Å². The van der Waals surface area contributed by atoms with E-state index in [1.165, 1.54) is 0 Å². The summed E-state index contributed by atoms with van der Waals surface area (Å²) in [6.45, 7) is 2.43. The first kappa shape index (κ1) is 18.1. The van der Waals surface area contributed by atoms with Crippen LogP contribution in [0.1, 0.15) is 12.8 Å². The molecule has 0 unspecified atom stereocenters. The van der Waals surface area contributed by atoms with Crippen molar-refractivity contribution in [1.29, 1.82) is 0 Å². The van der Waals surface area contributed by atoms with Crippen molar-refractivity contribution in [2.45, 2.75) is 19.4 Å². The summed E-state index contributed by atoms with van der Waals surface area (Å²) in [4.78, 5) is 25.2. The Morgan fingerprint density at radius 3 is 2.68 bits per heavy atom. The third-order valence-electron chi connectivity index (χ3n) is 5.06. The molecule has 0 aliphatic carbocycles. The van der Waals surface area contributed by atoms with Crippen LogP contribution in [0.15, 0.2) is 47.8 Å². The van der Waals surface area contributed by atoms with Crippen LogP contribution in [-0.4, -0.2) is 56.7 Å². The van der Waals surface area contributed by atoms with E-state index in [4.69, 9.17) is 0 Å². The zero-order chi connectivity index (χ0) is 19.5. The molecule has 1 aliphatic heterocycles. The van der Waals surface area contributed by atoms with E-state index in [0.717, 1.165) is 37.6 Å². The third-order valence-corrected chi connectivity index (χ3v) is 5.06. The van der Waals surface area contributed by atoms with Gasteiger partial charge in [-0.15, -0.1) is 5.10 Å². The van der Waals surface area contributed by atoms with Gasteiger partial charge in [0.15, 0.2) is 5.82 Å². The van der Waals surface area contributed by atoms with Crippen molar-refractivity contribution in [1.82, 2.24) is 29.5 Å². The van der Waals surface area contributed by atoms with Gasteiger partial charge in [-0.3, -0.25) is 4.79 Å². The summed E-state index contributed by atoms with van der Waals surface area (Å²) in [6, 6.07) is 7.11. The second-order valence-corrected chi connectivity index (χ2v) is 7.22. The lowest BCUT2D eigenvalue weighted by atomic mass is 9.97. The highest BCUT2D eigenvalue weighted by atomic mass is 16.1. The molecule has 1 fully saturated rings. The fourth-order valence-corrected chi connectivity index (χ4v) is 3.44. The summed E-state index contributed by atoms with van der Waals surface area (Å²) in [5.74, 6) is 2.91. The van der Waals surface area contributed by atoms with Crippen molar-refractivity contribution in [3.05, 3.63) is 53.3 Å². The van der Waals surface area contributed by atoms with Crippen LogP contribution < -0.4 is 15.4 Å². The molecule has 146 valence electrons. The molecule has 3 aromatic rings. The first-order valence-corrected chi connectivity index (χ1v) is 9.42. The molecule has 0 N–H and O–H groups in total. The maximum Gasteiger partial charge on any atom is 0.266 e. The van der Waals surface area contributed by atoms with Gasteiger partial charge < -0.3 is 9.80 Å². The third kappa shape index (κ3) is 3.88. The molecule has 0 saturated carbocycles. The molecule has 4 rings (SSSR count). The number of anilines is 2. The van der Waals surface area contributed by atoms with Crippen molar-refractivity contribution in [3.63, 3.8) is 0 Å². The van der Waals surface area contributed by atoms with Crippen LogP contribution >= 0.6 is 0 Å². The molecule has 28 heavy (non-hydrogen) atoms. The quantitative estimate of drug-likeness (QED) is 0.657. The molecule has 0 atom stereocenters. The summed E-state index contributed by atoms with van der Waals surface area (Å²) < 4.78 is 3.22. The van der Waals surface area contributed by atoms with E-state index in [-0.39, 0.29) is 5.56 Å². The standard InChI is InChI=1S/C19H24N8O/c1-24(2)17-12-18(21-14-20-17)25-10-6-15(7-11-25)13-27-19(28)5-4-16(23-27)26-9-3-8-22-26/h3-5,8-9,12,14-15H,6-7,10-11,13H2,1-2H3. The highest BCUT2D eigenvalue weighted by Crippen LogP contribution is 2.24. The molecule has 1 saturated heterocycles. The average molecular weight is 380 g/mol. The molecular weight excluding hydrogens is 356 g/mol. The van der Waals surface area contributed by atoms with Gasteiger partial charge in [0.05, 0.1) is 0 Å². The topological polar surface area (TPSA) is 85.0 Å². The summed E-state index contributed by atoms with van der Waals surface area (Å²) in [6.07, 6.45) is 7.10. The second-order valence-electron chi connectivity index (χ2n) is 7.22. The van der Waals surface area contributed by atoms with E-state index in [1.807, 2.05) is 37.3 Å². The SMILES string of the molecule is CN(C)c1cc(N2CCC(Cn3nc(-n4cccn4)ccc3=O)CC2)ncn1. The Labute approximate surface area is 163 Å². The molecule has 0 amide bonds. The smallest absolute Gasteiger partial charge is 0.266 e. The summed E-state index contributed by atoms with van der Waals surface area (Å²) >= 11 is 0. The molecule has 3 aromatic heterocycles. The second kappa shape index (κ2) is 7.79. The molecule has 0 bridgehead atoms. The Kier molecular flexibility index (Phi) is 5.05. The van der Waals surface area contributed by atoms with Crippen LogP contribution in [0.5, 0.6) is 0 Å². The maximum atomic E-state index is 12.2. The van der Waals surface area contributed by atoms with E-state index >= 15 is 0 Å². The van der Waals surface area contributed by atoms with E-state index in [1.54, 1.807) is 34.0 Å². The lowest BCUT2D eigenvalue weighted by molar-refractivity contribution is 0.333. The number of hydrogen-bond acceptors (Lipinski definition) is 7. The first-order chi connectivity index (χ1) is 13.6. The maximum absolute atomic E-state index is 12.2. The Hall–Kier alpha value is -3.23. The van der Waals surface area contributed by atoms with E-state index < -0.39 is 0 Å². The molecule has 9 heteroatoms. The monoisotopic (exact) mass is 380 g/mol. The van der Waals surface area contributed by atoms with Crippen molar-refractivity contribution < 1.29 is 0 Å². The van der Waals surface area contributed by atoms with Gasteiger partial charge in [0, 0.05) is 58.3 Å². The molecule has 4 heterocycles. The van der Waals surface area contributed by atoms with Gasteiger partial charge in [-0.2, -0.15) is 5.10 Å². The number of piperidine rings is 1. The Balaban J connectivity index is 1.42. The van der Waals surface area contributed by atoms with Gasteiger partial charge in [-0.25, -0.2) is 19.3 Å². The molecule has 0 radical (unpaired) electrons. The van der Waals surface area contributed by atoms with E-state index in [2.05, 4.69) is 25.1 Å². The highest BCUT2D eigenvalue weighted by Gasteiger charge is 2.22. The van der Waals surface area contributed by atoms with Gasteiger partial charge in [0.2, 0.25) is 0 Å². The minimum Gasteiger partial charge on any atom is -0.363 e. The van der Waals surface area contributed by atoms with E-state index in [0.29, 0.717) is 18.3 Å². The fraction of sp³-hybridized carbons (Fsp3) is 0.421. The summed E-state index contributed by atoms with van der Waals surface area (Å²) in [7, 11) is 3.95. The fourth-order valence-electron chi connectivity index (χ4n) is 3.44.